The second-order valence-electron chi connectivity index (χ2n) is 6.95. The molecule has 0 saturated heterocycles. The molecule has 2 aromatic rings. The van der Waals surface area contributed by atoms with Crippen LogP contribution in [-0.2, 0) is 22.6 Å². The second kappa shape index (κ2) is 9.97. The van der Waals surface area contributed by atoms with Crippen LogP contribution in [0.25, 0.3) is 0 Å². The number of hydrogen-bond acceptors (Lipinski definition) is 2. The smallest absolute Gasteiger partial charge is 0.242 e. The van der Waals surface area contributed by atoms with Crippen molar-refractivity contribution in [1.29, 1.82) is 0 Å². The van der Waals surface area contributed by atoms with E-state index in [1.807, 2.05) is 13.8 Å². The highest BCUT2D eigenvalue weighted by atomic mass is 19.1. The monoisotopic (exact) mass is 388 g/mol. The lowest BCUT2D eigenvalue weighted by Crippen LogP contribution is -2.49. The van der Waals surface area contributed by atoms with E-state index in [4.69, 9.17) is 0 Å². The maximum atomic E-state index is 13.2. The van der Waals surface area contributed by atoms with Gasteiger partial charge in [-0.3, -0.25) is 9.59 Å². The number of halogens is 2. The average molecular weight is 388 g/mol. The van der Waals surface area contributed by atoms with E-state index in [0.29, 0.717) is 5.56 Å². The molecule has 2 rings (SSSR count). The Bertz CT molecular complexity index is 791. The van der Waals surface area contributed by atoms with Crippen molar-refractivity contribution >= 4 is 11.8 Å². The SMILES string of the molecule is CC[C@@H](C)NC(=O)[C@H](C)N(Cc1ccc(F)cc1)C(=O)Cc1ccc(F)cc1. The molecule has 4 nitrogen and oxygen atoms in total. The lowest BCUT2D eigenvalue weighted by Gasteiger charge is -2.29. The first kappa shape index (κ1) is 21.5. The zero-order valence-corrected chi connectivity index (χ0v) is 16.4. The van der Waals surface area contributed by atoms with Gasteiger partial charge in [-0.25, -0.2) is 8.78 Å². The quantitative estimate of drug-likeness (QED) is 0.747. The molecule has 1 N–H and O–H groups in total. The van der Waals surface area contributed by atoms with Crippen LogP contribution in [0.5, 0.6) is 0 Å². The predicted molar refractivity (Wildman–Crippen MR) is 104 cm³/mol. The van der Waals surface area contributed by atoms with Crippen LogP contribution in [0.4, 0.5) is 8.78 Å². The standard InChI is InChI=1S/C22H26F2N2O2/c1-4-15(2)25-22(28)16(3)26(14-18-7-11-20(24)12-8-18)21(27)13-17-5-9-19(23)10-6-17/h5-12,15-16H,4,13-14H2,1-3H3,(H,25,28)/t15-,16+/m1/s1. The van der Waals surface area contributed by atoms with E-state index in [2.05, 4.69) is 5.32 Å². The van der Waals surface area contributed by atoms with Gasteiger partial charge in [0, 0.05) is 12.6 Å². The Morgan fingerprint density at radius 2 is 1.43 bits per heavy atom. The maximum Gasteiger partial charge on any atom is 0.242 e. The summed E-state index contributed by atoms with van der Waals surface area (Å²) in [4.78, 5) is 27.0. The Labute approximate surface area is 164 Å². The predicted octanol–water partition coefficient (Wildman–Crippen LogP) is 3.84. The van der Waals surface area contributed by atoms with Gasteiger partial charge in [0.2, 0.25) is 11.8 Å². The summed E-state index contributed by atoms with van der Waals surface area (Å²) < 4.78 is 26.3. The molecule has 0 spiro atoms. The van der Waals surface area contributed by atoms with E-state index in [0.717, 1.165) is 12.0 Å². The van der Waals surface area contributed by atoms with Gasteiger partial charge in [-0.2, -0.15) is 0 Å². The Morgan fingerprint density at radius 1 is 0.929 bits per heavy atom. The lowest BCUT2D eigenvalue weighted by atomic mass is 10.1. The first-order valence-corrected chi connectivity index (χ1v) is 9.39. The summed E-state index contributed by atoms with van der Waals surface area (Å²) in [6, 6.07) is 10.8. The van der Waals surface area contributed by atoms with Crippen LogP contribution in [-0.4, -0.2) is 28.8 Å². The van der Waals surface area contributed by atoms with Crippen LogP contribution in [0.3, 0.4) is 0 Å². The van der Waals surface area contributed by atoms with Crippen LogP contribution in [0, 0.1) is 11.6 Å². The normalized spacial score (nSPS) is 12.9. The molecule has 0 aliphatic heterocycles. The molecule has 0 heterocycles. The summed E-state index contributed by atoms with van der Waals surface area (Å²) in [6.07, 6.45) is 0.822. The number of nitrogens with zero attached hydrogens (tertiary/aromatic N) is 1. The van der Waals surface area contributed by atoms with Crippen molar-refractivity contribution in [2.24, 2.45) is 0 Å². The van der Waals surface area contributed by atoms with E-state index >= 15 is 0 Å². The van der Waals surface area contributed by atoms with Crippen molar-refractivity contribution in [3.8, 4) is 0 Å². The number of rotatable bonds is 8. The van der Waals surface area contributed by atoms with Gasteiger partial charge < -0.3 is 10.2 Å². The molecular formula is C22H26F2N2O2. The fourth-order valence-corrected chi connectivity index (χ4v) is 2.71. The molecule has 0 bridgehead atoms. The van der Waals surface area contributed by atoms with Gasteiger partial charge in [-0.05, 0) is 55.7 Å². The molecule has 2 atom stereocenters. The Morgan fingerprint density at radius 3 is 1.93 bits per heavy atom. The molecule has 150 valence electrons. The summed E-state index contributed by atoms with van der Waals surface area (Å²) in [6.45, 7) is 5.71. The number of carbonyl (C=O) groups is 2. The summed E-state index contributed by atoms with van der Waals surface area (Å²) in [5, 5.41) is 2.89. The van der Waals surface area contributed by atoms with Gasteiger partial charge in [-0.1, -0.05) is 31.2 Å². The molecule has 0 aromatic heterocycles. The molecule has 2 aromatic carbocycles. The third-order valence-electron chi connectivity index (χ3n) is 4.70. The van der Waals surface area contributed by atoms with Crippen LogP contribution >= 0.6 is 0 Å². The molecule has 6 heteroatoms. The van der Waals surface area contributed by atoms with Crippen molar-refractivity contribution in [3.63, 3.8) is 0 Å². The number of nitrogens with one attached hydrogen (secondary N) is 1. The highest BCUT2D eigenvalue weighted by Gasteiger charge is 2.26. The number of amides is 2. The van der Waals surface area contributed by atoms with Gasteiger partial charge >= 0.3 is 0 Å². The van der Waals surface area contributed by atoms with Gasteiger partial charge in [0.05, 0.1) is 6.42 Å². The minimum Gasteiger partial charge on any atom is -0.352 e. The molecule has 0 fully saturated rings. The third-order valence-corrected chi connectivity index (χ3v) is 4.70. The first-order valence-electron chi connectivity index (χ1n) is 9.39. The Kier molecular flexibility index (Phi) is 7.67. The molecule has 0 unspecified atom stereocenters. The van der Waals surface area contributed by atoms with Crippen molar-refractivity contribution < 1.29 is 18.4 Å². The van der Waals surface area contributed by atoms with Crippen molar-refractivity contribution in [2.75, 3.05) is 0 Å². The third kappa shape index (κ3) is 6.15. The van der Waals surface area contributed by atoms with E-state index in [1.54, 1.807) is 31.2 Å². The highest BCUT2D eigenvalue weighted by molar-refractivity contribution is 5.88. The average Bonchev–Trinajstić information content (AvgIpc) is 2.68. The summed E-state index contributed by atoms with van der Waals surface area (Å²) in [5.74, 6) is -1.25. The molecule has 28 heavy (non-hydrogen) atoms. The molecule has 0 radical (unpaired) electrons. The second-order valence-corrected chi connectivity index (χ2v) is 6.95. The van der Waals surface area contributed by atoms with Gasteiger partial charge in [0.25, 0.3) is 0 Å². The zero-order chi connectivity index (χ0) is 20.7. The van der Waals surface area contributed by atoms with Crippen LogP contribution in [0.2, 0.25) is 0 Å². The molecule has 0 saturated carbocycles. The van der Waals surface area contributed by atoms with E-state index in [9.17, 15) is 18.4 Å². The topological polar surface area (TPSA) is 49.4 Å². The highest BCUT2D eigenvalue weighted by Crippen LogP contribution is 2.14. The Hall–Kier alpha value is -2.76. The zero-order valence-electron chi connectivity index (χ0n) is 16.4. The molecule has 0 aliphatic rings. The van der Waals surface area contributed by atoms with Crippen molar-refractivity contribution in [1.82, 2.24) is 10.2 Å². The number of hydrogen-bond donors (Lipinski definition) is 1. The minimum absolute atomic E-state index is 0.00479. The first-order chi connectivity index (χ1) is 13.3. The van der Waals surface area contributed by atoms with Crippen LogP contribution < -0.4 is 5.32 Å². The van der Waals surface area contributed by atoms with Gasteiger partial charge in [0.15, 0.2) is 0 Å². The molecule has 2 amide bonds. The van der Waals surface area contributed by atoms with E-state index in [1.165, 1.54) is 29.2 Å². The van der Waals surface area contributed by atoms with E-state index < -0.39 is 6.04 Å². The fourth-order valence-electron chi connectivity index (χ4n) is 2.71. The Balaban J connectivity index is 2.20. The summed E-state index contributed by atoms with van der Waals surface area (Å²) in [5.41, 5.74) is 1.38. The summed E-state index contributed by atoms with van der Waals surface area (Å²) in [7, 11) is 0. The summed E-state index contributed by atoms with van der Waals surface area (Å²) >= 11 is 0. The largest absolute Gasteiger partial charge is 0.352 e. The number of carbonyl (C=O) groups excluding carboxylic acids is 2. The fraction of sp³-hybridized carbons (Fsp3) is 0.364. The number of benzene rings is 2. The van der Waals surface area contributed by atoms with Crippen LogP contribution in [0.15, 0.2) is 48.5 Å². The van der Waals surface area contributed by atoms with Crippen molar-refractivity contribution in [2.45, 2.75) is 52.2 Å². The van der Waals surface area contributed by atoms with Gasteiger partial charge in [0.1, 0.15) is 17.7 Å². The molecule has 0 aliphatic carbocycles. The lowest BCUT2D eigenvalue weighted by molar-refractivity contribution is -0.140. The van der Waals surface area contributed by atoms with Crippen molar-refractivity contribution in [3.05, 3.63) is 71.3 Å². The molecular weight excluding hydrogens is 362 g/mol. The van der Waals surface area contributed by atoms with E-state index in [-0.39, 0.29) is 42.5 Å². The minimum atomic E-state index is -0.702. The van der Waals surface area contributed by atoms with Crippen LogP contribution in [0.1, 0.15) is 38.3 Å². The maximum absolute atomic E-state index is 13.2. The van der Waals surface area contributed by atoms with Gasteiger partial charge in [-0.15, -0.1) is 0 Å².